The molecular formula is C8H13ClN2S. The fraction of sp³-hybridized carbons (Fsp3) is 0.750. The Balaban J connectivity index is 2.41. The van der Waals surface area contributed by atoms with Gasteiger partial charge in [0.2, 0.25) is 0 Å². The molecule has 0 aromatic carbocycles. The third-order valence-electron chi connectivity index (χ3n) is 1.56. The van der Waals surface area contributed by atoms with Gasteiger partial charge in [-0.05, 0) is 12.3 Å². The molecule has 0 atom stereocenters. The zero-order valence-electron chi connectivity index (χ0n) is 7.38. The van der Waals surface area contributed by atoms with E-state index < -0.39 is 0 Å². The first-order chi connectivity index (χ1) is 5.72. The molecule has 0 saturated carbocycles. The van der Waals surface area contributed by atoms with Gasteiger partial charge in [-0.1, -0.05) is 13.8 Å². The van der Waals surface area contributed by atoms with Gasteiger partial charge in [-0.3, -0.25) is 0 Å². The van der Waals surface area contributed by atoms with E-state index in [-0.39, 0.29) is 0 Å². The number of aromatic nitrogens is 2. The van der Waals surface area contributed by atoms with Crippen molar-refractivity contribution in [2.45, 2.75) is 32.6 Å². The Morgan fingerprint density at radius 3 is 2.50 bits per heavy atom. The quantitative estimate of drug-likeness (QED) is 0.705. The van der Waals surface area contributed by atoms with Gasteiger partial charge < -0.3 is 0 Å². The molecule has 0 spiro atoms. The largest absolute Gasteiger partial charge is 0.144 e. The summed E-state index contributed by atoms with van der Waals surface area (Å²) in [6.07, 6.45) is 2.21. The molecule has 1 aromatic heterocycles. The predicted octanol–water partition coefficient (Wildman–Crippen LogP) is 2.87. The van der Waals surface area contributed by atoms with Crippen molar-refractivity contribution in [2.24, 2.45) is 5.92 Å². The third kappa shape index (κ3) is 3.07. The average molecular weight is 205 g/mol. The van der Waals surface area contributed by atoms with Crippen LogP contribution in [0.4, 0.5) is 0 Å². The molecule has 0 N–H and O–H groups in total. The molecule has 1 aromatic rings. The van der Waals surface area contributed by atoms with Gasteiger partial charge >= 0.3 is 0 Å². The van der Waals surface area contributed by atoms with E-state index in [0.29, 0.717) is 5.88 Å². The minimum absolute atomic E-state index is 0.485. The Kier molecular flexibility index (Phi) is 3.95. The molecule has 12 heavy (non-hydrogen) atoms. The van der Waals surface area contributed by atoms with Crippen molar-refractivity contribution in [3.8, 4) is 0 Å². The van der Waals surface area contributed by atoms with Gasteiger partial charge in [-0.15, -0.1) is 33.1 Å². The molecule has 0 aliphatic rings. The maximum absolute atomic E-state index is 5.61. The standard InChI is InChI=1S/C8H13ClN2S/c1-6(2)3-4-7-10-11-8(5-9)12-7/h6H,3-5H2,1-2H3. The van der Waals surface area contributed by atoms with Crippen LogP contribution in [0.5, 0.6) is 0 Å². The van der Waals surface area contributed by atoms with Crippen molar-refractivity contribution in [3.63, 3.8) is 0 Å². The fourth-order valence-corrected chi connectivity index (χ4v) is 1.78. The molecule has 0 aliphatic carbocycles. The molecule has 68 valence electrons. The van der Waals surface area contributed by atoms with E-state index in [0.717, 1.165) is 22.4 Å². The van der Waals surface area contributed by atoms with Gasteiger partial charge in [0.15, 0.2) is 0 Å². The summed E-state index contributed by atoms with van der Waals surface area (Å²) in [6, 6.07) is 0. The highest BCUT2D eigenvalue weighted by Gasteiger charge is 2.03. The topological polar surface area (TPSA) is 25.8 Å². The lowest BCUT2D eigenvalue weighted by Gasteiger charge is -1.99. The van der Waals surface area contributed by atoms with E-state index in [4.69, 9.17) is 11.6 Å². The van der Waals surface area contributed by atoms with E-state index in [1.165, 1.54) is 6.42 Å². The van der Waals surface area contributed by atoms with Gasteiger partial charge in [0, 0.05) is 6.42 Å². The molecular weight excluding hydrogens is 192 g/mol. The van der Waals surface area contributed by atoms with Crippen LogP contribution in [0.1, 0.15) is 30.3 Å². The van der Waals surface area contributed by atoms with Gasteiger partial charge in [-0.25, -0.2) is 0 Å². The minimum atomic E-state index is 0.485. The molecule has 0 fully saturated rings. The summed E-state index contributed by atoms with van der Waals surface area (Å²) in [5.41, 5.74) is 0. The molecule has 0 aliphatic heterocycles. The van der Waals surface area contributed by atoms with Crippen LogP contribution in [0, 0.1) is 5.92 Å². The van der Waals surface area contributed by atoms with Crippen LogP contribution in [0.3, 0.4) is 0 Å². The summed E-state index contributed by atoms with van der Waals surface area (Å²) in [5.74, 6) is 1.22. The van der Waals surface area contributed by atoms with Gasteiger partial charge in [0.1, 0.15) is 10.0 Å². The lowest BCUT2D eigenvalue weighted by molar-refractivity contribution is 0.583. The van der Waals surface area contributed by atoms with Crippen LogP contribution in [0.2, 0.25) is 0 Å². The Bertz CT molecular complexity index is 235. The zero-order chi connectivity index (χ0) is 8.97. The van der Waals surface area contributed by atoms with E-state index >= 15 is 0 Å². The van der Waals surface area contributed by atoms with Crippen molar-refractivity contribution in [1.82, 2.24) is 10.2 Å². The summed E-state index contributed by atoms with van der Waals surface area (Å²) >= 11 is 7.23. The summed E-state index contributed by atoms with van der Waals surface area (Å²) < 4.78 is 0. The smallest absolute Gasteiger partial charge is 0.132 e. The molecule has 0 bridgehead atoms. The zero-order valence-corrected chi connectivity index (χ0v) is 8.95. The minimum Gasteiger partial charge on any atom is -0.144 e. The maximum Gasteiger partial charge on any atom is 0.132 e. The molecule has 2 nitrogen and oxygen atoms in total. The first kappa shape index (κ1) is 9.93. The van der Waals surface area contributed by atoms with Crippen molar-refractivity contribution in [1.29, 1.82) is 0 Å². The highest BCUT2D eigenvalue weighted by atomic mass is 35.5. The number of alkyl halides is 1. The first-order valence-electron chi connectivity index (χ1n) is 4.09. The molecule has 0 saturated heterocycles. The van der Waals surface area contributed by atoms with Crippen molar-refractivity contribution >= 4 is 22.9 Å². The molecule has 0 radical (unpaired) electrons. The Morgan fingerprint density at radius 1 is 1.33 bits per heavy atom. The van der Waals surface area contributed by atoms with Crippen LogP contribution < -0.4 is 0 Å². The monoisotopic (exact) mass is 204 g/mol. The summed E-state index contributed by atoms with van der Waals surface area (Å²) in [4.78, 5) is 0. The second-order valence-electron chi connectivity index (χ2n) is 3.16. The van der Waals surface area contributed by atoms with Crippen molar-refractivity contribution in [3.05, 3.63) is 10.0 Å². The second kappa shape index (κ2) is 4.77. The van der Waals surface area contributed by atoms with Crippen molar-refractivity contribution < 1.29 is 0 Å². The highest BCUT2D eigenvalue weighted by Crippen LogP contribution is 2.15. The van der Waals surface area contributed by atoms with E-state index in [2.05, 4.69) is 24.0 Å². The Hall–Kier alpha value is -0.150. The van der Waals surface area contributed by atoms with Crippen LogP contribution in [0.15, 0.2) is 0 Å². The number of rotatable bonds is 4. The molecule has 1 heterocycles. The summed E-state index contributed by atoms with van der Waals surface area (Å²) in [5, 5.41) is 10.0. The number of halogens is 1. The Labute approximate surface area is 82.0 Å². The number of nitrogens with zero attached hydrogens (tertiary/aromatic N) is 2. The van der Waals surface area contributed by atoms with Gasteiger partial charge in [-0.2, -0.15) is 0 Å². The normalized spacial score (nSPS) is 11.0. The molecule has 4 heteroatoms. The SMILES string of the molecule is CC(C)CCc1nnc(CCl)s1. The van der Waals surface area contributed by atoms with Crippen LogP contribution in [0.25, 0.3) is 0 Å². The van der Waals surface area contributed by atoms with Crippen molar-refractivity contribution in [2.75, 3.05) is 0 Å². The van der Waals surface area contributed by atoms with E-state index in [9.17, 15) is 0 Å². The maximum atomic E-state index is 5.61. The first-order valence-corrected chi connectivity index (χ1v) is 5.44. The lowest BCUT2D eigenvalue weighted by Crippen LogP contribution is -1.91. The van der Waals surface area contributed by atoms with Crippen LogP contribution in [-0.2, 0) is 12.3 Å². The van der Waals surface area contributed by atoms with Crippen LogP contribution in [-0.4, -0.2) is 10.2 Å². The molecule has 0 unspecified atom stereocenters. The average Bonchev–Trinajstić information content (AvgIpc) is 2.48. The second-order valence-corrected chi connectivity index (χ2v) is 4.57. The number of aryl methyl sites for hydroxylation is 1. The van der Waals surface area contributed by atoms with Gasteiger partial charge in [0.25, 0.3) is 0 Å². The van der Waals surface area contributed by atoms with E-state index in [1.54, 1.807) is 11.3 Å². The Morgan fingerprint density at radius 2 is 2.00 bits per heavy atom. The summed E-state index contributed by atoms with van der Waals surface area (Å²) in [7, 11) is 0. The molecule has 0 amide bonds. The van der Waals surface area contributed by atoms with Gasteiger partial charge in [0.05, 0.1) is 5.88 Å². The highest BCUT2D eigenvalue weighted by molar-refractivity contribution is 7.11. The van der Waals surface area contributed by atoms with Crippen LogP contribution >= 0.6 is 22.9 Å². The number of hydrogen-bond donors (Lipinski definition) is 0. The number of hydrogen-bond acceptors (Lipinski definition) is 3. The molecule has 1 rings (SSSR count). The third-order valence-corrected chi connectivity index (χ3v) is 2.95. The lowest BCUT2D eigenvalue weighted by atomic mass is 10.1. The summed E-state index contributed by atoms with van der Waals surface area (Å²) in [6.45, 7) is 4.42. The predicted molar refractivity (Wildman–Crippen MR) is 52.6 cm³/mol. The fourth-order valence-electron chi connectivity index (χ4n) is 0.856. The van der Waals surface area contributed by atoms with E-state index in [1.807, 2.05) is 0 Å².